The zero-order valence-corrected chi connectivity index (χ0v) is 11.7. The van der Waals surface area contributed by atoms with E-state index in [0.29, 0.717) is 11.3 Å². The smallest absolute Gasteiger partial charge is 0.258 e. The third-order valence-electron chi connectivity index (χ3n) is 2.64. The minimum absolute atomic E-state index is 0.0762. The second-order valence-corrected chi connectivity index (χ2v) is 4.68. The van der Waals surface area contributed by atoms with Crippen molar-refractivity contribution in [3.63, 3.8) is 0 Å². The van der Waals surface area contributed by atoms with Gasteiger partial charge in [0.1, 0.15) is 17.4 Å². The lowest BCUT2D eigenvalue weighted by Gasteiger charge is -2.08. The van der Waals surface area contributed by atoms with Crippen molar-refractivity contribution in [2.45, 2.75) is 6.54 Å². The summed E-state index contributed by atoms with van der Waals surface area (Å²) in [6.07, 6.45) is 0. The first-order chi connectivity index (χ1) is 10.0. The molecular weight excluding hydrogens is 300 g/mol. The number of halogens is 3. The normalized spacial score (nSPS) is 10.2. The lowest BCUT2D eigenvalue weighted by molar-refractivity contribution is -0.123. The molecule has 0 radical (unpaired) electrons. The summed E-state index contributed by atoms with van der Waals surface area (Å²) in [6.45, 7) is -0.0403. The van der Waals surface area contributed by atoms with Gasteiger partial charge in [0, 0.05) is 12.6 Å². The first kappa shape index (κ1) is 15.3. The predicted molar refractivity (Wildman–Crippen MR) is 75.2 cm³/mol. The molecule has 3 nitrogen and oxygen atoms in total. The van der Waals surface area contributed by atoms with E-state index in [2.05, 4.69) is 5.32 Å². The highest BCUT2D eigenvalue weighted by atomic mass is 35.5. The predicted octanol–water partition coefficient (Wildman–Crippen LogP) is 3.31. The maximum atomic E-state index is 13.0. The van der Waals surface area contributed by atoms with Crippen LogP contribution in [0.15, 0.2) is 42.5 Å². The Kier molecular flexibility index (Phi) is 5.11. The Morgan fingerprint density at radius 3 is 2.71 bits per heavy atom. The fourth-order valence-electron chi connectivity index (χ4n) is 1.61. The Morgan fingerprint density at radius 1 is 1.19 bits per heavy atom. The molecule has 0 atom stereocenters. The van der Waals surface area contributed by atoms with Crippen molar-refractivity contribution in [2.24, 2.45) is 0 Å². The fraction of sp³-hybridized carbons (Fsp3) is 0.133. The van der Waals surface area contributed by atoms with Crippen LogP contribution >= 0.6 is 11.6 Å². The first-order valence-corrected chi connectivity index (χ1v) is 6.51. The van der Waals surface area contributed by atoms with Crippen molar-refractivity contribution in [2.75, 3.05) is 6.61 Å². The van der Waals surface area contributed by atoms with Crippen molar-refractivity contribution in [3.05, 3.63) is 64.7 Å². The lowest BCUT2D eigenvalue weighted by Crippen LogP contribution is -2.28. The molecule has 2 rings (SSSR count). The molecule has 0 aliphatic carbocycles. The summed E-state index contributed by atoms with van der Waals surface area (Å²) in [7, 11) is 0. The van der Waals surface area contributed by atoms with Crippen LogP contribution in [-0.4, -0.2) is 12.5 Å². The first-order valence-electron chi connectivity index (χ1n) is 6.13. The van der Waals surface area contributed by atoms with Gasteiger partial charge in [0.05, 0.1) is 5.02 Å². The summed E-state index contributed by atoms with van der Waals surface area (Å²) >= 11 is 5.59. The summed E-state index contributed by atoms with van der Waals surface area (Å²) < 4.78 is 31.1. The molecule has 0 heterocycles. The molecule has 0 bridgehead atoms. The minimum atomic E-state index is -0.556. The molecule has 0 aliphatic heterocycles. The van der Waals surface area contributed by atoms with E-state index in [1.54, 1.807) is 12.1 Å². The summed E-state index contributed by atoms with van der Waals surface area (Å²) in [5, 5.41) is 2.51. The highest BCUT2D eigenvalue weighted by Gasteiger charge is 2.05. The number of hydrogen-bond acceptors (Lipinski definition) is 2. The van der Waals surface area contributed by atoms with E-state index in [0.717, 1.165) is 6.07 Å². The molecule has 110 valence electrons. The third-order valence-corrected chi connectivity index (χ3v) is 2.93. The average molecular weight is 312 g/mol. The molecule has 2 aromatic rings. The lowest BCUT2D eigenvalue weighted by atomic mass is 10.2. The van der Waals surface area contributed by atoms with Gasteiger partial charge in [-0.3, -0.25) is 4.79 Å². The summed E-state index contributed by atoms with van der Waals surface area (Å²) in [4.78, 5) is 11.6. The Labute approximate surface area is 125 Å². The second kappa shape index (κ2) is 7.04. The van der Waals surface area contributed by atoms with Crippen LogP contribution in [0.3, 0.4) is 0 Å². The largest absolute Gasteiger partial charge is 0.484 e. The van der Waals surface area contributed by atoms with Crippen molar-refractivity contribution in [1.82, 2.24) is 5.32 Å². The van der Waals surface area contributed by atoms with Gasteiger partial charge in [-0.25, -0.2) is 8.78 Å². The van der Waals surface area contributed by atoms with Crippen LogP contribution in [0.5, 0.6) is 5.75 Å². The molecule has 6 heteroatoms. The number of amides is 1. The van der Waals surface area contributed by atoms with Crippen LogP contribution in [0.2, 0.25) is 5.02 Å². The number of ether oxygens (including phenoxy) is 1. The Hall–Kier alpha value is -2.14. The molecule has 0 aliphatic rings. The standard InChI is InChI=1S/C15H12ClF2NO2/c16-13-7-12(4-5-14(13)18)21-9-15(20)19-8-10-2-1-3-11(17)6-10/h1-7H,8-9H2,(H,19,20). The maximum Gasteiger partial charge on any atom is 0.258 e. The molecule has 0 fully saturated rings. The average Bonchev–Trinajstić information content (AvgIpc) is 2.46. The Morgan fingerprint density at radius 2 is 2.00 bits per heavy atom. The van der Waals surface area contributed by atoms with E-state index in [-0.39, 0.29) is 29.9 Å². The minimum Gasteiger partial charge on any atom is -0.484 e. The van der Waals surface area contributed by atoms with E-state index < -0.39 is 5.82 Å². The fourth-order valence-corrected chi connectivity index (χ4v) is 1.78. The quantitative estimate of drug-likeness (QED) is 0.920. The summed E-state index contributed by atoms with van der Waals surface area (Å²) in [5.41, 5.74) is 0.646. The molecule has 21 heavy (non-hydrogen) atoms. The number of nitrogens with one attached hydrogen (secondary N) is 1. The summed E-state index contributed by atoms with van der Waals surface area (Å²) in [5.74, 6) is -1.000. The topological polar surface area (TPSA) is 38.3 Å². The number of hydrogen-bond donors (Lipinski definition) is 1. The molecule has 1 N–H and O–H groups in total. The van der Waals surface area contributed by atoms with E-state index in [1.165, 1.54) is 24.3 Å². The van der Waals surface area contributed by atoms with Crippen LogP contribution in [-0.2, 0) is 11.3 Å². The summed E-state index contributed by atoms with van der Waals surface area (Å²) in [6, 6.07) is 9.74. The molecule has 0 unspecified atom stereocenters. The van der Waals surface area contributed by atoms with Gasteiger partial charge in [0.2, 0.25) is 0 Å². The van der Waals surface area contributed by atoms with Crippen molar-refractivity contribution in [3.8, 4) is 5.75 Å². The van der Waals surface area contributed by atoms with Crippen molar-refractivity contribution >= 4 is 17.5 Å². The maximum absolute atomic E-state index is 13.0. The van der Waals surface area contributed by atoms with Gasteiger partial charge >= 0.3 is 0 Å². The zero-order valence-electron chi connectivity index (χ0n) is 10.9. The van der Waals surface area contributed by atoms with Gasteiger partial charge < -0.3 is 10.1 Å². The van der Waals surface area contributed by atoms with Crippen LogP contribution in [0.25, 0.3) is 0 Å². The molecule has 0 aromatic heterocycles. The van der Waals surface area contributed by atoms with Gasteiger partial charge in [-0.15, -0.1) is 0 Å². The van der Waals surface area contributed by atoms with Crippen LogP contribution in [0, 0.1) is 11.6 Å². The molecular formula is C15H12ClF2NO2. The van der Waals surface area contributed by atoms with Gasteiger partial charge in [-0.2, -0.15) is 0 Å². The highest BCUT2D eigenvalue weighted by molar-refractivity contribution is 6.30. The van der Waals surface area contributed by atoms with Gasteiger partial charge in [-0.05, 0) is 29.8 Å². The Balaban J connectivity index is 1.80. The molecule has 0 saturated carbocycles. The van der Waals surface area contributed by atoms with Crippen molar-refractivity contribution < 1.29 is 18.3 Å². The van der Waals surface area contributed by atoms with Crippen LogP contribution in [0.4, 0.5) is 8.78 Å². The van der Waals surface area contributed by atoms with E-state index in [4.69, 9.17) is 16.3 Å². The van der Waals surface area contributed by atoms with Gasteiger partial charge in [0.25, 0.3) is 5.91 Å². The van der Waals surface area contributed by atoms with Crippen molar-refractivity contribution in [1.29, 1.82) is 0 Å². The van der Waals surface area contributed by atoms with E-state index in [1.807, 2.05) is 0 Å². The number of benzene rings is 2. The van der Waals surface area contributed by atoms with Gasteiger partial charge in [0.15, 0.2) is 6.61 Å². The van der Waals surface area contributed by atoms with E-state index in [9.17, 15) is 13.6 Å². The third kappa shape index (κ3) is 4.72. The molecule has 0 saturated heterocycles. The monoisotopic (exact) mass is 311 g/mol. The second-order valence-electron chi connectivity index (χ2n) is 4.27. The Bertz CT molecular complexity index is 649. The molecule has 0 spiro atoms. The number of carbonyl (C=O) groups excluding carboxylic acids is 1. The highest BCUT2D eigenvalue weighted by Crippen LogP contribution is 2.20. The number of rotatable bonds is 5. The zero-order chi connectivity index (χ0) is 15.2. The van der Waals surface area contributed by atoms with Gasteiger partial charge in [-0.1, -0.05) is 23.7 Å². The molecule has 1 amide bonds. The van der Waals surface area contributed by atoms with E-state index >= 15 is 0 Å². The molecule has 2 aromatic carbocycles. The number of carbonyl (C=O) groups is 1. The van der Waals surface area contributed by atoms with Crippen LogP contribution < -0.4 is 10.1 Å². The van der Waals surface area contributed by atoms with Crippen LogP contribution in [0.1, 0.15) is 5.56 Å². The SMILES string of the molecule is O=C(COc1ccc(F)c(Cl)c1)NCc1cccc(F)c1.